The molecule has 9 heteroatoms. The Labute approximate surface area is 201 Å². The van der Waals surface area contributed by atoms with E-state index in [1.54, 1.807) is 36.7 Å². The highest BCUT2D eigenvalue weighted by Crippen LogP contribution is 2.35. The molecule has 0 saturated carbocycles. The number of hydrogen-bond donors (Lipinski definition) is 4. The molecule has 3 heterocycles. The Balaban J connectivity index is 1.63. The first-order valence-corrected chi connectivity index (χ1v) is 11.2. The largest absolute Gasteiger partial charge is 0.357 e. The molecule has 0 spiro atoms. The van der Waals surface area contributed by atoms with Gasteiger partial charge in [0.25, 0.3) is 11.8 Å². The first kappa shape index (κ1) is 23.3. The molecule has 1 unspecified atom stereocenters. The van der Waals surface area contributed by atoms with Crippen molar-refractivity contribution in [2.24, 2.45) is 0 Å². The minimum Gasteiger partial charge on any atom is -0.357 e. The van der Waals surface area contributed by atoms with Crippen LogP contribution in [0.4, 0.5) is 11.4 Å². The molecule has 8 nitrogen and oxygen atoms in total. The van der Waals surface area contributed by atoms with E-state index in [0.717, 1.165) is 16.8 Å². The Kier molecular flexibility index (Phi) is 6.51. The number of rotatable bonds is 6. The first-order valence-electron chi connectivity index (χ1n) is 10.7. The zero-order valence-electron chi connectivity index (χ0n) is 19.0. The summed E-state index contributed by atoms with van der Waals surface area (Å²) in [5.74, 6) is -0.980. The maximum Gasteiger partial charge on any atom is 0.256 e. The zero-order chi connectivity index (χ0) is 24.4. The van der Waals surface area contributed by atoms with Crippen molar-refractivity contribution < 1.29 is 14.4 Å². The third-order valence-electron chi connectivity index (χ3n) is 5.77. The fraction of sp³-hybridized carbons (Fsp3) is 0.200. The number of anilines is 2. The Morgan fingerprint density at radius 3 is 2.62 bits per heavy atom. The molecule has 1 aliphatic heterocycles. The minimum atomic E-state index is -0.313. The minimum absolute atomic E-state index is 0.152. The number of carbonyl (C=O) groups excluding carboxylic acids is 3. The summed E-state index contributed by atoms with van der Waals surface area (Å²) in [4.78, 5) is 44.6. The molecule has 0 aliphatic carbocycles. The fourth-order valence-electron chi connectivity index (χ4n) is 3.91. The molecule has 0 fully saturated rings. The number of aromatic nitrogens is 2. The summed E-state index contributed by atoms with van der Waals surface area (Å²) in [6.45, 7) is 5.57. The van der Waals surface area contributed by atoms with Crippen LogP contribution < -0.4 is 16.0 Å². The van der Waals surface area contributed by atoms with E-state index in [2.05, 4.69) is 25.9 Å². The van der Waals surface area contributed by atoms with Crippen molar-refractivity contribution >= 4 is 52.3 Å². The summed E-state index contributed by atoms with van der Waals surface area (Å²) >= 11 is 5.61. The number of fused-ring (bicyclic) bond motifs is 1. The van der Waals surface area contributed by atoms with Gasteiger partial charge in [-0.2, -0.15) is 0 Å². The highest BCUT2D eigenvalue weighted by Gasteiger charge is 2.26. The van der Waals surface area contributed by atoms with Gasteiger partial charge >= 0.3 is 0 Å². The van der Waals surface area contributed by atoms with Crippen LogP contribution in [0.2, 0.25) is 0 Å². The first-order chi connectivity index (χ1) is 16.3. The number of amides is 3. The number of benzene rings is 1. The highest BCUT2D eigenvalue weighted by molar-refractivity contribution is 6.35. The molecule has 3 aromatic rings. The summed E-state index contributed by atoms with van der Waals surface area (Å²) in [7, 11) is 0. The lowest BCUT2D eigenvalue weighted by Crippen LogP contribution is -2.26. The van der Waals surface area contributed by atoms with Crippen molar-refractivity contribution in [1.29, 1.82) is 0 Å². The molecular weight excluding hydrogens is 454 g/mol. The Morgan fingerprint density at radius 1 is 1.18 bits per heavy atom. The molecule has 4 N–H and O–H groups in total. The molecule has 0 bridgehead atoms. The van der Waals surface area contributed by atoms with E-state index in [1.807, 2.05) is 32.9 Å². The molecule has 0 radical (unpaired) electrons. The van der Waals surface area contributed by atoms with E-state index in [1.165, 1.54) is 0 Å². The number of alkyl halides is 1. The number of H-pyrrole nitrogens is 1. The van der Waals surface area contributed by atoms with Crippen LogP contribution in [0.1, 0.15) is 51.4 Å². The monoisotopic (exact) mass is 477 g/mol. The number of aryl methyl sites for hydroxylation is 1. The lowest BCUT2D eigenvalue weighted by Gasteiger charge is -2.14. The van der Waals surface area contributed by atoms with E-state index in [9.17, 15) is 14.4 Å². The van der Waals surface area contributed by atoms with Gasteiger partial charge in [-0.15, -0.1) is 11.6 Å². The Bertz CT molecular complexity index is 1310. The average Bonchev–Trinajstić information content (AvgIpc) is 3.29. The second-order valence-electron chi connectivity index (χ2n) is 8.09. The van der Waals surface area contributed by atoms with Gasteiger partial charge in [-0.05, 0) is 68.3 Å². The van der Waals surface area contributed by atoms with E-state index >= 15 is 0 Å². The summed E-state index contributed by atoms with van der Waals surface area (Å²) < 4.78 is 0. The fourth-order valence-corrected chi connectivity index (χ4v) is 3.98. The van der Waals surface area contributed by atoms with Crippen molar-refractivity contribution in [2.75, 3.05) is 16.5 Å². The van der Waals surface area contributed by atoms with Crippen LogP contribution in [0.5, 0.6) is 0 Å². The molecular formula is C25H24ClN5O3. The van der Waals surface area contributed by atoms with Crippen molar-refractivity contribution in [3.8, 4) is 0 Å². The number of nitrogens with zero attached hydrogens (tertiary/aromatic N) is 1. The van der Waals surface area contributed by atoms with Gasteiger partial charge in [0, 0.05) is 40.6 Å². The normalized spacial score (nSPS) is 14.5. The molecule has 4 rings (SSSR count). The number of nitrogens with one attached hydrogen (secondary N) is 4. The number of halogens is 1. The molecule has 1 aromatic carbocycles. The molecule has 3 amide bonds. The quantitative estimate of drug-likeness (QED) is 0.314. The second-order valence-corrected chi connectivity index (χ2v) is 8.36. The van der Waals surface area contributed by atoms with E-state index in [-0.39, 0.29) is 29.6 Å². The van der Waals surface area contributed by atoms with Gasteiger partial charge in [-0.1, -0.05) is 0 Å². The van der Waals surface area contributed by atoms with Gasteiger partial charge in [0.05, 0.1) is 17.3 Å². The third kappa shape index (κ3) is 4.58. The lowest BCUT2D eigenvalue weighted by molar-refractivity contribution is -0.114. The van der Waals surface area contributed by atoms with Gasteiger partial charge in [0.1, 0.15) is 5.88 Å². The average molecular weight is 478 g/mol. The number of hydrogen-bond acceptors (Lipinski definition) is 4. The van der Waals surface area contributed by atoms with Crippen molar-refractivity contribution in [3.63, 3.8) is 0 Å². The van der Waals surface area contributed by atoms with E-state index < -0.39 is 0 Å². The van der Waals surface area contributed by atoms with Crippen molar-refractivity contribution in [2.45, 2.75) is 26.8 Å². The molecule has 1 aliphatic rings. The maximum absolute atomic E-state index is 12.9. The van der Waals surface area contributed by atoms with Crippen LogP contribution in [-0.2, 0) is 9.59 Å². The van der Waals surface area contributed by atoms with Gasteiger partial charge in [-0.25, -0.2) is 0 Å². The number of carbonyl (C=O) groups is 3. The second kappa shape index (κ2) is 9.52. The molecule has 34 heavy (non-hydrogen) atoms. The smallest absolute Gasteiger partial charge is 0.256 e. The van der Waals surface area contributed by atoms with Crippen LogP contribution in [0, 0.1) is 13.8 Å². The van der Waals surface area contributed by atoms with Crippen LogP contribution >= 0.6 is 11.6 Å². The van der Waals surface area contributed by atoms with Crippen molar-refractivity contribution in [1.82, 2.24) is 15.3 Å². The number of pyridine rings is 1. The Hall–Kier alpha value is -3.91. The van der Waals surface area contributed by atoms with Crippen LogP contribution in [0.15, 0.2) is 42.7 Å². The molecule has 174 valence electrons. The van der Waals surface area contributed by atoms with E-state index in [0.29, 0.717) is 33.8 Å². The topological polar surface area (TPSA) is 116 Å². The van der Waals surface area contributed by atoms with Crippen molar-refractivity contribution in [3.05, 3.63) is 76.4 Å². The Morgan fingerprint density at radius 2 is 1.91 bits per heavy atom. The highest BCUT2D eigenvalue weighted by atomic mass is 35.5. The van der Waals surface area contributed by atoms with E-state index in [4.69, 9.17) is 11.6 Å². The molecule has 2 aromatic heterocycles. The van der Waals surface area contributed by atoms with Crippen LogP contribution in [0.3, 0.4) is 0 Å². The maximum atomic E-state index is 12.9. The van der Waals surface area contributed by atoms with Gasteiger partial charge in [0.2, 0.25) is 5.91 Å². The van der Waals surface area contributed by atoms with Crippen LogP contribution in [0.25, 0.3) is 11.6 Å². The molecule has 1 atom stereocenters. The summed E-state index contributed by atoms with van der Waals surface area (Å²) in [5.41, 5.74) is 5.92. The van der Waals surface area contributed by atoms with Gasteiger partial charge in [-0.3, -0.25) is 19.4 Å². The summed E-state index contributed by atoms with van der Waals surface area (Å²) in [6, 6.07) is 8.60. The number of aromatic amines is 1. The summed E-state index contributed by atoms with van der Waals surface area (Å²) in [5, 5.41) is 8.58. The summed E-state index contributed by atoms with van der Waals surface area (Å²) in [6.07, 6.45) is 5.08. The van der Waals surface area contributed by atoms with Crippen LogP contribution in [-0.4, -0.2) is 33.6 Å². The zero-order valence-corrected chi connectivity index (χ0v) is 19.7. The third-order valence-corrected chi connectivity index (χ3v) is 6.01. The van der Waals surface area contributed by atoms with Gasteiger partial charge < -0.3 is 20.9 Å². The SMILES string of the molecule is Cc1[nH]c(/C=C2\C(=O)Nc3ccc(C(=O)NC(C)c4ccncc4)cc32)c(C)c1NC(=O)CCl. The lowest BCUT2D eigenvalue weighted by atomic mass is 10.0. The predicted octanol–water partition coefficient (Wildman–Crippen LogP) is 4.19. The standard InChI is InChI=1S/C25H24ClN5O3/c1-13-21(28-15(3)23(13)31-22(32)12-26)11-19-18-10-17(4-5-20(18)30-25(19)34)24(33)29-14(2)16-6-8-27-9-7-16/h4-11,14,28H,12H2,1-3H3,(H,29,33)(H,30,34)(H,31,32)/b19-11-. The molecule has 0 saturated heterocycles. The van der Waals surface area contributed by atoms with Gasteiger partial charge in [0.15, 0.2) is 0 Å². The predicted molar refractivity (Wildman–Crippen MR) is 133 cm³/mol.